The van der Waals surface area contributed by atoms with Gasteiger partial charge in [0.2, 0.25) is 5.89 Å². The van der Waals surface area contributed by atoms with Crippen LogP contribution < -0.4 is 5.32 Å². The molecule has 2 aromatic rings. The third-order valence-corrected chi connectivity index (χ3v) is 2.74. The van der Waals surface area contributed by atoms with Gasteiger partial charge in [-0.25, -0.2) is 4.98 Å². The fraction of sp³-hybridized carbons (Fsp3) is 0.286. The molecule has 0 aliphatic rings. The average molecular weight is 241 g/mol. The summed E-state index contributed by atoms with van der Waals surface area (Å²) in [4.78, 5) is 4.13. The molecule has 18 heavy (non-hydrogen) atoms. The Morgan fingerprint density at radius 1 is 1.50 bits per heavy atom. The van der Waals surface area contributed by atoms with E-state index in [1.54, 1.807) is 12.3 Å². The molecule has 0 fully saturated rings. The molecule has 0 amide bonds. The third kappa shape index (κ3) is 2.96. The Balaban J connectivity index is 1.99. The van der Waals surface area contributed by atoms with Gasteiger partial charge in [0.15, 0.2) is 0 Å². The van der Waals surface area contributed by atoms with Crippen LogP contribution in [0.1, 0.15) is 35.7 Å². The molecule has 0 radical (unpaired) electrons. The second kappa shape index (κ2) is 5.48. The second-order valence-corrected chi connectivity index (χ2v) is 4.20. The van der Waals surface area contributed by atoms with Gasteiger partial charge in [0.1, 0.15) is 5.76 Å². The number of hydrogen-bond acceptors (Lipinski definition) is 4. The molecule has 1 aromatic heterocycles. The molecular weight excluding hydrogens is 226 g/mol. The van der Waals surface area contributed by atoms with Crippen LogP contribution in [0.2, 0.25) is 0 Å². The predicted molar refractivity (Wildman–Crippen MR) is 67.7 cm³/mol. The van der Waals surface area contributed by atoms with Crippen molar-refractivity contribution in [3.63, 3.8) is 0 Å². The number of rotatable bonds is 4. The topological polar surface area (TPSA) is 61.9 Å². The van der Waals surface area contributed by atoms with Crippen molar-refractivity contribution < 1.29 is 4.42 Å². The van der Waals surface area contributed by atoms with E-state index in [-0.39, 0.29) is 6.04 Å². The highest BCUT2D eigenvalue weighted by molar-refractivity contribution is 5.34. The Bertz CT molecular complexity index is 568. The quantitative estimate of drug-likeness (QED) is 0.894. The molecule has 2 rings (SSSR count). The highest BCUT2D eigenvalue weighted by atomic mass is 16.4. The fourth-order valence-corrected chi connectivity index (χ4v) is 1.72. The first-order valence-corrected chi connectivity index (χ1v) is 5.84. The summed E-state index contributed by atoms with van der Waals surface area (Å²) in [6.45, 7) is 4.49. The van der Waals surface area contributed by atoms with Gasteiger partial charge in [0.25, 0.3) is 0 Å². The van der Waals surface area contributed by atoms with Crippen molar-refractivity contribution in [2.75, 3.05) is 0 Å². The summed E-state index contributed by atoms with van der Waals surface area (Å²) in [6, 6.07) is 9.86. The molecule has 4 heteroatoms. The Morgan fingerprint density at radius 3 is 3.00 bits per heavy atom. The van der Waals surface area contributed by atoms with E-state index in [9.17, 15) is 0 Å². The smallest absolute Gasteiger partial charge is 0.208 e. The van der Waals surface area contributed by atoms with Gasteiger partial charge in [-0.3, -0.25) is 0 Å². The van der Waals surface area contributed by atoms with Crippen LogP contribution in [0.3, 0.4) is 0 Å². The second-order valence-electron chi connectivity index (χ2n) is 4.20. The van der Waals surface area contributed by atoms with Crippen molar-refractivity contribution in [3.05, 3.63) is 53.2 Å². The molecule has 1 heterocycles. The lowest BCUT2D eigenvalue weighted by Gasteiger charge is -2.12. The molecule has 1 aromatic carbocycles. The number of aromatic nitrogens is 1. The number of oxazole rings is 1. The first-order valence-electron chi connectivity index (χ1n) is 5.84. The third-order valence-electron chi connectivity index (χ3n) is 2.74. The SMILES string of the molecule is Cc1cnc(CNC(C)c2cccc(C#N)c2)o1. The fourth-order valence-electron chi connectivity index (χ4n) is 1.72. The van der Waals surface area contributed by atoms with E-state index >= 15 is 0 Å². The minimum Gasteiger partial charge on any atom is -0.445 e. The standard InChI is InChI=1S/C14H15N3O/c1-10-8-17-14(18-10)9-16-11(2)13-5-3-4-12(6-13)7-15/h3-6,8,11,16H,9H2,1-2H3. The summed E-state index contributed by atoms with van der Waals surface area (Å²) in [6.07, 6.45) is 1.71. The van der Waals surface area contributed by atoms with Crippen molar-refractivity contribution >= 4 is 0 Å². The zero-order valence-corrected chi connectivity index (χ0v) is 10.5. The van der Waals surface area contributed by atoms with Gasteiger partial charge in [-0.15, -0.1) is 0 Å². The van der Waals surface area contributed by atoms with Crippen molar-refractivity contribution in [2.24, 2.45) is 0 Å². The first kappa shape index (κ1) is 12.3. The van der Waals surface area contributed by atoms with Crippen molar-refractivity contribution in [3.8, 4) is 6.07 Å². The van der Waals surface area contributed by atoms with Crippen LogP contribution in [-0.2, 0) is 6.54 Å². The molecule has 0 aliphatic heterocycles. The van der Waals surface area contributed by atoms with E-state index in [0.717, 1.165) is 11.3 Å². The molecule has 0 bridgehead atoms. The summed E-state index contributed by atoms with van der Waals surface area (Å²) in [5, 5.41) is 12.2. The number of hydrogen-bond donors (Lipinski definition) is 1. The molecule has 0 saturated heterocycles. The number of nitrogens with zero attached hydrogens (tertiary/aromatic N) is 2. The van der Waals surface area contributed by atoms with Crippen LogP contribution >= 0.6 is 0 Å². The Morgan fingerprint density at radius 2 is 2.33 bits per heavy atom. The molecule has 92 valence electrons. The molecule has 0 spiro atoms. The van der Waals surface area contributed by atoms with Crippen LogP contribution in [0.25, 0.3) is 0 Å². The van der Waals surface area contributed by atoms with Crippen LogP contribution in [0, 0.1) is 18.3 Å². The van der Waals surface area contributed by atoms with Crippen LogP contribution in [0.15, 0.2) is 34.9 Å². The first-order chi connectivity index (χ1) is 8.69. The van der Waals surface area contributed by atoms with E-state index in [0.29, 0.717) is 18.0 Å². The van der Waals surface area contributed by atoms with Crippen LogP contribution in [0.4, 0.5) is 0 Å². The molecule has 0 aliphatic carbocycles. The van der Waals surface area contributed by atoms with Crippen LogP contribution in [-0.4, -0.2) is 4.98 Å². The van der Waals surface area contributed by atoms with E-state index in [1.807, 2.05) is 32.0 Å². The predicted octanol–water partition coefficient (Wildman–Crippen LogP) is 2.71. The number of benzene rings is 1. The van der Waals surface area contributed by atoms with Crippen LogP contribution in [0.5, 0.6) is 0 Å². The van der Waals surface area contributed by atoms with Gasteiger partial charge in [-0.1, -0.05) is 12.1 Å². The molecule has 1 N–H and O–H groups in total. The Hall–Kier alpha value is -2.12. The van der Waals surface area contributed by atoms with E-state index in [2.05, 4.69) is 16.4 Å². The highest BCUT2D eigenvalue weighted by Gasteiger charge is 2.07. The number of aryl methyl sites for hydroxylation is 1. The summed E-state index contributed by atoms with van der Waals surface area (Å²) in [7, 11) is 0. The molecule has 0 saturated carbocycles. The number of nitriles is 1. The summed E-state index contributed by atoms with van der Waals surface area (Å²) >= 11 is 0. The maximum atomic E-state index is 8.86. The molecule has 4 nitrogen and oxygen atoms in total. The summed E-state index contributed by atoms with van der Waals surface area (Å²) in [5.74, 6) is 1.49. The van der Waals surface area contributed by atoms with Gasteiger partial charge < -0.3 is 9.73 Å². The van der Waals surface area contributed by atoms with Gasteiger partial charge in [0, 0.05) is 6.04 Å². The molecular formula is C14H15N3O. The van der Waals surface area contributed by atoms with Gasteiger partial charge >= 0.3 is 0 Å². The van der Waals surface area contributed by atoms with Crippen molar-refractivity contribution in [1.82, 2.24) is 10.3 Å². The van der Waals surface area contributed by atoms with Gasteiger partial charge in [-0.05, 0) is 31.5 Å². The Labute approximate surface area is 106 Å². The lowest BCUT2D eigenvalue weighted by atomic mass is 10.1. The summed E-state index contributed by atoms with van der Waals surface area (Å²) in [5.41, 5.74) is 1.76. The van der Waals surface area contributed by atoms with Gasteiger partial charge in [-0.2, -0.15) is 5.26 Å². The minimum atomic E-state index is 0.144. The molecule has 1 unspecified atom stereocenters. The summed E-state index contributed by atoms with van der Waals surface area (Å²) < 4.78 is 5.39. The highest BCUT2D eigenvalue weighted by Crippen LogP contribution is 2.14. The van der Waals surface area contributed by atoms with E-state index in [4.69, 9.17) is 9.68 Å². The van der Waals surface area contributed by atoms with Gasteiger partial charge in [0.05, 0.1) is 24.4 Å². The van der Waals surface area contributed by atoms with Crippen molar-refractivity contribution in [1.29, 1.82) is 5.26 Å². The Kier molecular flexibility index (Phi) is 3.75. The lowest BCUT2D eigenvalue weighted by molar-refractivity contribution is 0.432. The zero-order chi connectivity index (χ0) is 13.0. The number of nitrogens with one attached hydrogen (secondary N) is 1. The van der Waals surface area contributed by atoms with E-state index in [1.165, 1.54) is 0 Å². The monoisotopic (exact) mass is 241 g/mol. The van der Waals surface area contributed by atoms with E-state index < -0.39 is 0 Å². The maximum Gasteiger partial charge on any atom is 0.208 e. The maximum absolute atomic E-state index is 8.86. The largest absolute Gasteiger partial charge is 0.445 e. The lowest BCUT2D eigenvalue weighted by Crippen LogP contribution is -2.18. The minimum absolute atomic E-state index is 0.144. The van der Waals surface area contributed by atoms with Crippen molar-refractivity contribution in [2.45, 2.75) is 26.4 Å². The average Bonchev–Trinajstić information content (AvgIpc) is 2.82. The zero-order valence-electron chi connectivity index (χ0n) is 10.5. The molecule has 1 atom stereocenters. The normalized spacial score (nSPS) is 12.1.